The Morgan fingerprint density at radius 3 is 2.48 bits per heavy atom. The third-order valence-electron chi connectivity index (χ3n) is 5.03. The Morgan fingerprint density at radius 2 is 1.95 bits per heavy atom. The van der Waals surface area contributed by atoms with Gasteiger partial charge >= 0.3 is 0 Å². The molecular weight excluding hydrogens is 263 g/mol. The van der Waals surface area contributed by atoms with Crippen molar-refractivity contribution in [1.29, 1.82) is 0 Å². The maximum absolute atomic E-state index is 14.0. The van der Waals surface area contributed by atoms with Crippen LogP contribution in [0.5, 0.6) is 0 Å². The van der Waals surface area contributed by atoms with Crippen LogP contribution in [0.2, 0.25) is 0 Å². The molecule has 1 aliphatic carbocycles. The lowest BCUT2D eigenvalue weighted by molar-refractivity contribution is 0.104. The molecule has 2 nitrogen and oxygen atoms in total. The SMILES string of the molecule is CCCNC(c1ccc(C)c(F)c1)C1(N(C)C)CCCC1. The van der Waals surface area contributed by atoms with Crippen LogP contribution < -0.4 is 5.32 Å². The Balaban J connectivity index is 2.38. The number of hydrogen-bond acceptors (Lipinski definition) is 2. The molecule has 0 bridgehead atoms. The smallest absolute Gasteiger partial charge is 0.126 e. The lowest BCUT2D eigenvalue weighted by Crippen LogP contribution is -2.52. The fraction of sp³-hybridized carbons (Fsp3) is 0.667. The van der Waals surface area contributed by atoms with Gasteiger partial charge in [-0.1, -0.05) is 31.9 Å². The fourth-order valence-electron chi connectivity index (χ4n) is 3.68. The van der Waals surface area contributed by atoms with E-state index in [4.69, 9.17) is 0 Å². The van der Waals surface area contributed by atoms with Crippen molar-refractivity contribution in [2.45, 2.75) is 57.5 Å². The normalized spacial score (nSPS) is 19.1. The van der Waals surface area contributed by atoms with Gasteiger partial charge in [0.25, 0.3) is 0 Å². The van der Waals surface area contributed by atoms with E-state index in [1.54, 1.807) is 6.07 Å². The molecule has 21 heavy (non-hydrogen) atoms. The zero-order chi connectivity index (χ0) is 15.5. The Bertz CT molecular complexity index is 464. The predicted molar refractivity (Wildman–Crippen MR) is 87.1 cm³/mol. The second-order valence-electron chi connectivity index (χ2n) is 6.60. The number of aryl methyl sites for hydroxylation is 1. The van der Waals surface area contributed by atoms with Gasteiger partial charge in [0.1, 0.15) is 5.82 Å². The van der Waals surface area contributed by atoms with Gasteiger partial charge in [-0.2, -0.15) is 0 Å². The van der Waals surface area contributed by atoms with E-state index in [0.717, 1.165) is 24.1 Å². The maximum atomic E-state index is 14.0. The van der Waals surface area contributed by atoms with Gasteiger partial charge in [0.05, 0.1) is 6.04 Å². The van der Waals surface area contributed by atoms with Gasteiger partial charge in [-0.15, -0.1) is 0 Å². The fourth-order valence-corrected chi connectivity index (χ4v) is 3.68. The van der Waals surface area contributed by atoms with Crippen LogP contribution in [0.25, 0.3) is 0 Å². The van der Waals surface area contributed by atoms with Crippen molar-refractivity contribution in [2.75, 3.05) is 20.6 Å². The summed E-state index contributed by atoms with van der Waals surface area (Å²) in [4.78, 5) is 2.35. The summed E-state index contributed by atoms with van der Waals surface area (Å²) in [5, 5.41) is 3.69. The Morgan fingerprint density at radius 1 is 1.29 bits per heavy atom. The third kappa shape index (κ3) is 3.29. The number of hydrogen-bond donors (Lipinski definition) is 1. The van der Waals surface area contributed by atoms with Gasteiger partial charge in [0, 0.05) is 5.54 Å². The van der Waals surface area contributed by atoms with E-state index < -0.39 is 0 Å². The van der Waals surface area contributed by atoms with Gasteiger partial charge in [0.2, 0.25) is 0 Å². The number of likely N-dealkylation sites (N-methyl/N-ethyl adjacent to an activating group) is 1. The van der Waals surface area contributed by atoms with Crippen LogP contribution in [0.4, 0.5) is 4.39 Å². The average Bonchev–Trinajstić information content (AvgIpc) is 2.94. The van der Waals surface area contributed by atoms with Gasteiger partial charge in [0.15, 0.2) is 0 Å². The highest BCUT2D eigenvalue weighted by atomic mass is 19.1. The molecule has 1 aromatic carbocycles. The van der Waals surface area contributed by atoms with Crippen LogP contribution in [-0.2, 0) is 0 Å². The van der Waals surface area contributed by atoms with Gasteiger partial charge in [-0.05, 0) is 64.0 Å². The number of nitrogens with one attached hydrogen (secondary N) is 1. The first-order valence-electron chi connectivity index (χ1n) is 8.18. The third-order valence-corrected chi connectivity index (χ3v) is 5.03. The minimum absolute atomic E-state index is 0.0947. The molecule has 3 heteroatoms. The zero-order valence-electron chi connectivity index (χ0n) is 13.9. The first-order valence-corrected chi connectivity index (χ1v) is 8.18. The second-order valence-corrected chi connectivity index (χ2v) is 6.60. The topological polar surface area (TPSA) is 15.3 Å². The van der Waals surface area contributed by atoms with Crippen molar-refractivity contribution in [1.82, 2.24) is 10.2 Å². The summed E-state index contributed by atoms with van der Waals surface area (Å²) in [7, 11) is 4.33. The number of rotatable bonds is 6. The summed E-state index contributed by atoms with van der Waals surface area (Å²) < 4.78 is 14.0. The molecule has 1 atom stereocenters. The van der Waals surface area contributed by atoms with Gasteiger partial charge < -0.3 is 10.2 Å². The summed E-state index contributed by atoms with van der Waals surface area (Å²) in [6.07, 6.45) is 5.97. The van der Waals surface area contributed by atoms with Crippen LogP contribution >= 0.6 is 0 Å². The molecule has 1 unspecified atom stereocenters. The highest BCUT2D eigenvalue weighted by Crippen LogP contribution is 2.43. The minimum Gasteiger partial charge on any atom is -0.308 e. The highest BCUT2D eigenvalue weighted by Gasteiger charge is 2.43. The molecule has 0 radical (unpaired) electrons. The molecular formula is C18H29FN2. The molecule has 1 fully saturated rings. The molecule has 1 aliphatic rings. The number of halogens is 1. The molecule has 2 rings (SSSR count). The van der Waals surface area contributed by atoms with Crippen LogP contribution in [0.1, 0.15) is 56.2 Å². The number of benzene rings is 1. The Kier molecular flexibility index (Phi) is 5.39. The summed E-state index contributed by atoms with van der Waals surface area (Å²) in [5.74, 6) is -0.0947. The highest BCUT2D eigenvalue weighted by molar-refractivity contribution is 5.29. The summed E-state index contributed by atoms with van der Waals surface area (Å²) in [6.45, 7) is 4.97. The lowest BCUT2D eigenvalue weighted by atomic mass is 9.82. The Hall–Kier alpha value is -0.930. The van der Waals surface area contributed by atoms with E-state index in [-0.39, 0.29) is 17.4 Å². The average molecular weight is 292 g/mol. The number of nitrogens with zero attached hydrogens (tertiary/aromatic N) is 1. The molecule has 118 valence electrons. The lowest BCUT2D eigenvalue weighted by Gasteiger charge is -2.44. The molecule has 1 aromatic rings. The van der Waals surface area contributed by atoms with E-state index in [1.807, 2.05) is 13.0 Å². The molecule has 0 heterocycles. The summed E-state index contributed by atoms with van der Waals surface area (Å²) >= 11 is 0. The van der Waals surface area contributed by atoms with E-state index in [9.17, 15) is 4.39 Å². The zero-order valence-corrected chi connectivity index (χ0v) is 13.9. The van der Waals surface area contributed by atoms with Crippen molar-refractivity contribution in [3.05, 3.63) is 35.1 Å². The van der Waals surface area contributed by atoms with Crippen molar-refractivity contribution < 1.29 is 4.39 Å². The molecule has 0 aliphatic heterocycles. The van der Waals surface area contributed by atoms with Gasteiger partial charge in [-0.25, -0.2) is 4.39 Å². The maximum Gasteiger partial charge on any atom is 0.126 e. The molecule has 0 saturated heterocycles. The second kappa shape index (κ2) is 6.89. The first kappa shape index (κ1) is 16.4. The monoisotopic (exact) mass is 292 g/mol. The molecule has 0 amide bonds. The quantitative estimate of drug-likeness (QED) is 0.851. The largest absolute Gasteiger partial charge is 0.308 e. The van der Waals surface area contributed by atoms with E-state index in [1.165, 1.54) is 25.7 Å². The van der Waals surface area contributed by atoms with Crippen LogP contribution in [0.3, 0.4) is 0 Å². The molecule has 1 N–H and O–H groups in total. The van der Waals surface area contributed by atoms with Gasteiger partial charge in [-0.3, -0.25) is 0 Å². The van der Waals surface area contributed by atoms with Crippen molar-refractivity contribution in [3.63, 3.8) is 0 Å². The predicted octanol–water partition coefficient (Wildman–Crippen LogP) is 4.05. The first-order chi connectivity index (χ1) is 10.0. The summed E-state index contributed by atoms with van der Waals surface area (Å²) in [6, 6.07) is 5.93. The van der Waals surface area contributed by atoms with Crippen LogP contribution in [0, 0.1) is 12.7 Å². The van der Waals surface area contributed by atoms with Crippen molar-refractivity contribution in [2.24, 2.45) is 0 Å². The van der Waals surface area contributed by atoms with Crippen LogP contribution in [-0.4, -0.2) is 31.1 Å². The Labute approximate surface area is 128 Å². The van der Waals surface area contributed by atoms with E-state index in [0.29, 0.717) is 0 Å². The molecule has 1 saturated carbocycles. The molecule has 0 spiro atoms. The van der Waals surface area contributed by atoms with E-state index in [2.05, 4.69) is 37.3 Å². The standard InChI is InChI=1S/C18H29FN2/c1-5-12-20-17(15-9-8-14(2)16(19)13-15)18(21(3)4)10-6-7-11-18/h8-9,13,17,20H,5-7,10-12H2,1-4H3. The van der Waals surface area contributed by atoms with E-state index >= 15 is 0 Å². The molecule has 0 aromatic heterocycles. The minimum atomic E-state index is -0.0947. The van der Waals surface area contributed by atoms with Crippen LogP contribution in [0.15, 0.2) is 18.2 Å². The summed E-state index contributed by atoms with van der Waals surface area (Å²) in [5.41, 5.74) is 1.91. The van der Waals surface area contributed by atoms with Crippen molar-refractivity contribution in [3.8, 4) is 0 Å². The van der Waals surface area contributed by atoms with Crippen molar-refractivity contribution >= 4 is 0 Å².